The molecule has 0 saturated heterocycles. The maximum Gasteiger partial charge on any atom is 0.00677 e. The van der Waals surface area contributed by atoms with Crippen molar-refractivity contribution in [2.75, 3.05) is 0 Å². The Bertz CT molecular complexity index is 128. The summed E-state index contributed by atoms with van der Waals surface area (Å²) >= 11 is 0. The van der Waals surface area contributed by atoms with E-state index in [0.717, 1.165) is 18.8 Å². The average Bonchev–Trinajstić information content (AvgIpc) is 2.15. The van der Waals surface area contributed by atoms with Gasteiger partial charge in [0.15, 0.2) is 0 Å². The van der Waals surface area contributed by atoms with Gasteiger partial charge in [-0.2, -0.15) is 0 Å². The topological polar surface area (TPSA) is 52.0 Å². The zero-order chi connectivity index (χ0) is 9.68. The van der Waals surface area contributed by atoms with Crippen molar-refractivity contribution in [1.82, 2.24) is 0 Å². The largest absolute Gasteiger partial charge is 0.328 e. The van der Waals surface area contributed by atoms with Gasteiger partial charge in [-0.3, -0.25) is 0 Å². The van der Waals surface area contributed by atoms with Gasteiger partial charge in [-0.15, -0.1) is 0 Å². The zero-order valence-corrected chi connectivity index (χ0v) is 8.84. The van der Waals surface area contributed by atoms with E-state index in [1.54, 1.807) is 0 Å². The van der Waals surface area contributed by atoms with E-state index < -0.39 is 0 Å². The third-order valence-corrected chi connectivity index (χ3v) is 3.21. The summed E-state index contributed by atoms with van der Waals surface area (Å²) in [6.45, 7) is 2.06. The molecule has 0 heterocycles. The minimum Gasteiger partial charge on any atom is -0.328 e. The van der Waals surface area contributed by atoms with Crippen molar-refractivity contribution < 1.29 is 0 Å². The summed E-state index contributed by atoms with van der Waals surface area (Å²) in [6.07, 6.45) is 9.07. The molecule has 0 radical (unpaired) electrons. The van der Waals surface area contributed by atoms with Gasteiger partial charge in [0.05, 0.1) is 0 Å². The van der Waals surface area contributed by atoms with Crippen molar-refractivity contribution in [1.29, 1.82) is 0 Å². The molecule has 1 aliphatic carbocycles. The Morgan fingerprint density at radius 1 is 1.08 bits per heavy atom. The summed E-state index contributed by atoms with van der Waals surface area (Å²) in [4.78, 5) is 0. The SMILES string of the molecule is CC(N)CCC(N)C1CCCCC1. The van der Waals surface area contributed by atoms with E-state index in [1.165, 1.54) is 32.1 Å². The summed E-state index contributed by atoms with van der Waals surface area (Å²) in [5, 5.41) is 0. The second-order valence-corrected chi connectivity index (χ2v) is 4.62. The fourth-order valence-electron chi connectivity index (χ4n) is 2.25. The van der Waals surface area contributed by atoms with Crippen LogP contribution in [0.4, 0.5) is 0 Å². The Hall–Kier alpha value is -0.0800. The maximum atomic E-state index is 6.14. The predicted octanol–water partition coefficient (Wildman–Crippen LogP) is 2.02. The lowest BCUT2D eigenvalue weighted by Gasteiger charge is -2.27. The molecule has 2 atom stereocenters. The Morgan fingerprint density at radius 3 is 2.23 bits per heavy atom. The second-order valence-electron chi connectivity index (χ2n) is 4.62. The van der Waals surface area contributed by atoms with Crippen LogP contribution >= 0.6 is 0 Å². The monoisotopic (exact) mass is 184 g/mol. The van der Waals surface area contributed by atoms with Crippen molar-refractivity contribution in [3.05, 3.63) is 0 Å². The summed E-state index contributed by atoms with van der Waals surface area (Å²) in [7, 11) is 0. The highest BCUT2D eigenvalue weighted by atomic mass is 14.7. The van der Waals surface area contributed by atoms with Crippen LogP contribution in [0.15, 0.2) is 0 Å². The first kappa shape index (κ1) is 11.0. The average molecular weight is 184 g/mol. The third kappa shape index (κ3) is 4.10. The van der Waals surface area contributed by atoms with Crippen LogP contribution in [0.3, 0.4) is 0 Å². The Labute approximate surface area is 82.1 Å². The first-order chi connectivity index (χ1) is 6.20. The van der Waals surface area contributed by atoms with Crippen LogP contribution in [0.5, 0.6) is 0 Å². The Kier molecular flexibility index (Phi) is 4.74. The first-order valence-corrected chi connectivity index (χ1v) is 5.71. The van der Waals surface area contributed by atoms with Crippen molar-refractivity contribution in [2.45, 2.75) is 64.0 Å². The van der Waals surface area contributed by atoms with Crippen molar-refractivity contribution in [3.8, 4) is 0 Å². The molecule has 1 fully saturated rings. The van der Waals surface area contributed by atoms with E-state index in [9.17, 15) is 0 Å². The van der Waals surface area contributed by atoms with Crippen LogP contribution in [-0.4, -0.2) is 12.1 Å². The van der Waals surface area contributed by atoms with Crippen LogP contribution in [-0.2, 0) is 0 Å². The number of hydrogen-bond donors (Lipinski definition) is 2. The lowest BCUT2D eigenvalue weighted by atomic mass is 9.82. The van der Waals surface area contributed by atoms with Gasteiger partial charge >= 0.3 is 0 Å². The summed E-state index contributed by atoms with van der Waals surface area (Å²) in [6, 6.07) is 0.723. The minimum absolute atomic E-state index is 0.314. The van der Waals surface area contributed by atoms with Crippen LogP contribution in [0, 0.1) is 5.92 Å². The zero-order valence-electron chi connectivity index (χ0n) is 8.84. The molecule has 0 aromatic rings. The Balaban J connectivity index is 2.17. The number of nitrogens with two attached hydrogens (primary N) is 2. The van der Waals surface area contributed by atoms with Crippen molar-refractivity contribution in [2.24, 2.45) is 17.4 Å². The van der Waals surface area contributed by atoms with Crippen molar-refractivity contribution in [3.63, 3.8) is 0 Å². The van der Waals surface area contributed by atoms with E-state index >= 15 is 0 Å². The second kappa shape index (κ2) is 5.61. The molecular weight excluding hydrogens is 160 g/mol. The van der Waals surface area contributed by atoms with Gasteiger partial charge in [0.1, 0.15) is 0 Å². The normalized spacial score (nSPS) is 24.2. The van der Waals surface area contributed by atoms with Crippen LogP contribution in [0.2, 0.25) is 0 Å². The van der Waals surface area contributed by atoms with Gasteiger partial charge < -0.3 is 11.5 Å². The smallest absolute Gasteiger partial charge is 0.00677 e. The van der Waals surface area contributed by atoms with Crippen LogP contribution in [0.1, 0.15) is 51.9 Å². The van der Waals surface area contributed by atoms with Gasteiger partial charge in [0, 0.05) is 12.1 Å². The standard InChI is InChI=1S/C11H24N2/c1-9(12)7-8-11(13)10-5-3-2-4-6-10/h9-11H,2-8,12-13H2,1H3. The lowest BCUT2D eigenvalue weighted by Crippen LogP contribution is -2.33. The minimum atomic E-state index is 0.314. The summed E-state index contributed by atoms with van der Waals surface area (Å²) in [5.74, 6) is 0.785. The van der Waals surface area contributed by atoms with E-state index in [2.05, 4.69) is 6.92 Å². The molecular formula is C11H24N2. The molecule has 0 amide bonds. The third-order valence-electron chi connectivity index (χ3n) is 3.21. The summed E-state index contributed by atoms with van der Waals surface area (Å²) in [5.41, 5.74) is 11.9. The highest BCUT2D eigenvalue weighted by Crippen LogP contribution is 2.27. The van der Waals surface area contributed by atoms with Crippen molar-refractivity contribution >= 4 is 0 Å². The highest BCUT2D eigenvalue weighted by molar-refractivity contribution is 4.77. The number of hydrogen-bond acceptors (Lipinski definition) is 2. The number of rotatable bonds is 4. The molecule has 1 saturated carbocycles. The van der Waals surface area contributed by atoms with Gasteiger partial charge in [-0.1, -0.05) is 19.3 Å². The van der Waals surface area contributed by atoms with Crippen LogP contribution < -0.4 is 11.5 Å². The van der Waals surface area contributed by atoms with Gasteiger partial charge in [-0.25, -0.2) is 0 Å². The molecule has 1 aliphatic rings. The van der Waals surface area contributed by atoms with E-state index in [0.29, 0.717) is 12.1 Å². The molecule has 0 aliphatic heterocycles. The molecule has 0 aromatic carbocycles. The lowest BCUT2D eigenvalue weighted by molar-refractivity contribution is 0.289. The first-order valence-electron chi connectivity index (χ1n) is 5.71. The predicted molar refractivity (Wildman–Crippen MR) is 57.4 cm³/mol. The molecule has 0 bridgehead atoms. The fraction of sp³-hybridized carbons (Fsp3) is 1.00. The quantitative estimate of drug-likeness (QED) is 0.702. The highest BCUT2D eigenvalue weighted by Gasteiger charge is 2.20. The Morgan fingerprint density at radius 2 is 1.69 bits per heavy atom. The maximum absolute atomic E-state index is 6.14. The molecule has 2 unspecified atom stereocenters. The fourth-order valence-corrected chi connectivity index (χ4v) is 2.25. The summed E-state index contributed by atoms with van der Waals surface area (Å²) < 4.78 is 0. The molecule has 13 heavy (non-hydrogen) atoms. The van der Waals surface area contributed by atoms with Gasteiger partial charge in [0.2, 0.25) is 0 Å². The van der Waals surface area contributed by atoms with E-state index in [4.69, 9.17) is 11.5 Å². The van der Waals surface area contributed by atoms with Gasteiger partial charge in [0.25, 0.3) is 0 Å². The molecule has 78 valence electrons. The molecule has 2 heteroatoms. The molecule has 0 spiro atoms. The van der Waals surface area contributed by atoms with E-state index in [-0.39, 0.29) is 0 Å². The van der Waals surface area contributed by atoms with Gasteiger partial charge in [-0.05, 0) is 38.5 Å². The molecule has 0 aromatic heterocycles. The molecule has 1 rings (SSSR count). The van der Waals surface area contributed by atoms with E-state index in [1.807, 2.05) is 0 Å². The van der Waals surface area contributed by atoms with Crippen LogP contribution in [0.25, 0.3) is 0 Å². The molecule has 2 nitrogen and oxygen atoms in total. The molecule has 4 N–H and O–H groups in total.